The monoisotopic (exact) mass is 483 g/mol. The lowest BCUT2D eigenvalue weighted by atomic mass is 9.78. The van der Waals surface area contributed by atoms with Crippen LogP contribution < -0.4 is 0 Å². The summed E-state index contributed by atoms with van der Waals surface area (Å²) in [5.74, 6) is -0.839. The average Bonchev–Trinajstić information content (AvgIpc) is 2.78. The van der Waals surface area contributed by atoms with Gasteiger partial charge in [0.05, 0.1) is 23.3 Å². The maximum Gasteiger partial charge on any atom is 0.416 e. The predicted octanol–water partition coefficient (Wildman–Crippen LogP) is 7.48. The first kappa shape index (κ1) is 24.2. The third-order valence-electron chi connectivity index (χ3n) is 5.99. The molecule has 9 heteroatoms. The molecule has 0 radical (unpaired) electrons. The van der Waals surface area contributed by atoms with Gasteiger partial charge >= 0.3 is 12.4 Å². The van der Waals surface area contributed by atoms with E-state index in [1.54, 1.807) is 24.4 Å². The van der Waals surface area contributed by atoms with Gasteiger partial charge in [-0.05, 0) is 72.9 Å². The zero-order valence-corrected chi connectivity index (χ0v) is 17.9. The Hall–Kier alpha value is -2.94. The summed E-state index contributed by atoms with van der Waals surface area (Å²) < 4.78 is 99.4. The Balaban J connectivity index is 1.70. The number of ether oxygens (including phenoxy) is 1. The highest BCUT2D eigenvalue weighted by Gasteiger charge is 2.38. The van der Waals surface area contributed by atoms with Gasteiger partial charge in [-0.1, -0.05) is 18.2 Å². The van der Waals surface area contributed by atoms with Gasteiger partial charge in [0.15, 0.2) is 0 Å². The fraction of sp³-hybridized carbons (Fsp3) is 0.320. The predicted molar refractivity (Wildman–Crippen MR) is 111 cm³/mol. The van der Waals surface area contributed by atoms with Crippen LogP contribution in [0.4, 0.5) is 30.7 Å². The van der Waals surface area contributed by atoms with Gasteiger partial charge in [0.2, 0.25) is 0 Å². The summed E-state index contributed by atoms with van der Waals surface area (Å²) in [5, 5.41) is 0. The van der Waals surface area contributed by atoms with Gasteiger partial charge in [0.25, 0.3) is 0 Å². The van der Waals surface area contributed by atoms with Crippen LogP contribution in [0.15, 0.2) is 60.8 Å². The molecule has 34 heavy (non-hydrogen) atoms. The highest BCUT2D eigenvalue weighted by atomic mass is 19.4. The number of hydrogen-bond acceptors (Lipinski definition) is 2. The van der Waals surface area contributed by atoms with Gasteiger partial charge in [0.1, 0.15) is 5.82 Å². The van der Waals surface area contributed by atoms with Gasteiger partial charge in [0, 0.05) is 17.8 Å². The number of pyridine rings is 1. The standard InChI is InChI=1S/C25H20F7NO/c1-14(16-11-17(24(27,28)29)13-18(12-16)25(30,31)32)34-22-9-8-21-20(3-2-10-33-21)23(22)15-4-6-19(26)7-5-15/h2-7,10-14,22-23H,8-9H2,1H3/t14-,22-,23-/m0/s1. The van der Waals surface area contributed by atoms with Crippen molar-refractivity contribution in [2.75, 3.05) is 0 Å². The maximum absolute atomic E-state index is 13.5. The van der Waals surface area contributed by atoms with Gasteiger partial charge < -0.3 is 4.74 Å². The molecule has 2 nitrogen and oxygen atoms in total. The van der Waals surface area contributed by atoms with Crippen molar-refractivity contribution < 1.29 is 35.5 Å². The van der Waals surface area contributed by atoms with Gasteiger partial charge in [-0.3, -0.25) is 4.98 Å². The zero-order valence-electron chi connectivity index (χ0n) is 17.9. The third-order valence-corrected chi connectivity index (χ3v) is 5.99. The molecule has 0 spiro atoms. The number of aryl methyl sites for hydroxylation is 1. The number of aromatic nitrogens is 1. The van der Waals surface area contributed by atoms with Gasteiger partial charge in [-0.25, -0.2) is 4.39 Å². The Kier molecular flexibility index (Phi) is 6.42. The average molecular weight is 483 g/mol. The van der Waals surface area contributed by atoms with Crippen LogP contribution in [0.25, 0.3) is 0 Å². The number of hydrogen-bond donors (Lipinski definition) is 0. The first-order valence-corrected chi connectivity index (χ1v) is 10.6. The smallest absolute Gasteiger partial charge is 0.370 e. The highest BCUT2D eigenvalue weighted by molar-refractivity contribution is 5.39. The molecule has 0 fully saturated rings. The zero-order chi connectivity index (χ0) is 24.7. The number of benzene rings is 2. The van der Waals surface area contributed by atoms with E-state index in [0.717, 1.165) is 11.3 Å². The molecule has 0 saturated heterocycles. The molecule has 180 valence electrons. The molecule has 1 aromatic heterocycles. The van der Waals surface area contributed by atoms with E-state index in [1.807, 2.05) is 6.07 Å². The second-order valence-electron chi connectivity index (χ2n) is 8.26. The molecule has 0 saturated carbocycles. The molecular weight excluding hydrogens is 463 g/mol. The first-order chi connectivity index (χ1) is 15.9. The van der Waals surface area contributed by atoms with E-state index in [9.17, 15) is 30.7 Å². The number of halogens is 7. The van der Waals surface area contributed by atoms with Crippen LogP contribution in [-0.2, 0) is 23.5 Å². The van der Waals surface area contributed by atoms with E-state index in [1.165, 1.54) is 19.1 Å². The number of fused-ring (bicyclic) bond motifs is 1. The number of nitrogens with zero attached hydrogens (tertiary/aromatic N) is 1. The number of alkyl halides is 6. The van der Waals surface area contributed by atoms with E-state index in [2.05, 4.69) is 4.98 Å². The van der Waals surface area contributed by atoms with E-state index in [4.69, 9.17) is 4.74 Å². The Morgan fingerprint density at radius 3 is 2.12 bits per heavy atom. The Labute approximate surface area is 191 Å². The summed E-state index contributed by atoms with van der Waals surface area (Å²) in [5.41, 5.74) is -0.632. The summed E-state index contributed by atoms with van der Waals surface area (Å²) in [6, 6.07) is 10.8. The van der Waals surface area contributed by atoms with Gasteiger partial charge in [-0.15, -0.1) is 0 Å². The minimum atomic E-state index is -4.94. The molecule has 0 aliphatic heterocycles. The van der Waals surface area contributed by atoms with E-state index < -0.39 is 47.4 Å². The molecule has 1 aliphatic rings. The fourth-order valence-corrected chi connectivity index (χ4v) is 4.35. The molecule has 0 amide bonds. The molecule has 1 heterocycles. The summed E-state index contributed by atoms with van der Waals surface area (Å²) in [6.07, 6.45) is -8.89. The van der Waals surface area contributed by atoms with Crippen molar-refractivity contribution in [3.8, 4) is 0 Å². The lowest BCUT2D eigenvalue weighted by Gasteiger charge is -2.35. The van der Waals surface area contributed by atoms with Crippen molar-refractivity contribution in [3.05, 3.63) is 100 Å². The molecule has 0 bridgehead atoms. The normalized spacial score (nSPS) is 19.5. The minimum absolute atomic E-state index is 0.0973. The molecule has 3 atom stereocenters. The molecule has 0 N–H and O–H groups in total. The second-order valence-corrected chi connectivity index (χ2v) is 8.26. The number of rotatable bonds is 4. The van der Waals surface area contributed by atoms with Crippen LogP contribution in [0.1, 0.15) is 58.9 Å². The van der Waals surface area contributed by atoms with E-state index in [0.29, 0.717) is 30.5 Å². The highest BCUT2D eigenvalue weighted by Crippen LogP contribution is 2.42. The Morgan fingerprint density at radius 1 is 0.912 bits per heavy atom. The van der Waals surface area contributed by atoms with E-state index in [-0.39, 0.29) is 11.6 Å². The molecule has 4 rings (SSSR count). The maximum atomic E-state index is 13.5. The SMILES string of the molecule is C[C@H](O[C@H]1CCc2ncccc2[C@@H]1c1ccc(F)cc1)c1cc(C(F)(F)F)cc(C(F)(F)F)c1. The lowest BCUT2D eigenvalue weighted by molar-refractivity contribution is -0.143. The van der Waals surface area contributed by atoms with Crippen LogP contribution in [0.2, 0.25) is 0 Å². The summed E-state index contributed by atoms with van der Waals surface area (Å²) in [7, 11) is 0. The van der Waals surface area contributed by atoms with Crippen molar-refractivity contribution in [1.29, 1.82) is 0 Å². The third kappa shape index (κ3) is 5.09. The fourth-order valence-electron chi connectivity index (χ4n) is 4.35. The molecular formula is C25H20F7NO. The van der Waals surface area contributed by atoms with Crippen molar-refractivity contribution in [3.63, 3.8) is 0 Å². The second kappa shape index (κ2) is 9.02. The van der Waals surface area contributed by atoms with Crippen molar-refractivity contribution >= 4 is 0 Å². The summed E-state index contributed by atoms with van der Waals surface area (Å²) >= 11 is 0. The summed E-state index contributed by atoms with van der Waals surface area (Å²) in [6.45, 7) is 1.43. The Morgan fingerprint density at radius 2 is 1.53 bits per heavy atom. The van der Waals surface area contributed by atoms with Gasteiger partial charge in [-0.2, -0.15) is 26.3 Å². The molecule has 0 unspecified atom stereocenters. The summed E-state index contributed by atoms with van der Waals surface area (Å²) in [4.78, 5) is 4.38. The minimum Gasteiger partial charge on any atom is -0.370 e. The van der Waals surface area contributed by atoms with Crippen LogP contribution in [0, 0.1) is 5.82 Å². The van der Waals surface area contributed by atoms with Crippen LogP contribution in [0.5, 0.6) is 0 Å². The van der Waals surface area contributed by atoms with Crippen LogP contribution >= 0.6 is 0 Å². The molecule has 1 aliphatic carbocycles. The quantitative estimate of drug-likeness (QED) is 0.359. The lowest BCUT2D eigenvalue weighted by Crippen LogP contribution is -2.30. The van der Waals surface area contributed by atoms with Crippen molar-refractivity contribution in [2.24, 2.45) is 0 Å². The van der Waals surface area contributed by atoms with Crippen molar-refractivity contribution in [2.45, 2.75) is 50.2 Å². The van der Waals surface area contributed by atoms with Crippen LogP contribution in [-0.4, -0.2) is 11.1 Å². The Bertz CT molecular complexity index is 1120. The van der Waals surface area contributed by atoms with E-state index >= 15 is 0 Å². The molecule has 3 aromatic rings. The van der Waals surface area contributed by atoms with Crippen LogP contribution in [0.3, 0.4) is 0 Å². The van der Waals surface area contributed by atoms with Crippen molar-refractivity contribution in [1.82, 2.24) is 4.98 Å². The largest absolute Gasteiger partial charge is 0.416 e. The first-order valence-electron chi connectivity index (χ1n) is 10.6. The topological polar surface area (TPSA) is 22.1 Å². The molecule has 2 aromatic carbocycles.